The molecule has 2 aromatic heterocycles. The van der Waals surface area contributed by atoms with Crippen LogP contribution < -0.4 is 29.6 Å². The fourth-order valence-electron chi connectivity index (χ4n) is 8.63. The number of rotatable bonds is 10. The van der Waals surface area contributed by atoms with E-state index in [1.807, 2.05) is 60.9 Å². The Bertz CT molecular complexity index is 2620. The normalized spacial score (nSPS) is 20.3. The second-order valence-electron chi connectivity index (χ2n) is 15.4. The Hall–Kier alpha value is -6.77. The molecule has 4 aliphatic heterocycles. The molecule has 0 radical (unpaired) electrons. The second-order valence-corrected chi connectivity index (χ2v) is 16.0. The molecule has 3 N–H and O–H groups in total. The van der Waals surface area contributed by atoms with Crippen LogP contribution in [0.1, 0.15) is 51.1 Å². The quantitative estimate of drug-likeness (QED) is 0.0800. The van der Waals surface area contributed by atoms with Crippen molar-refractivity contribution in [1.82, 2.24) is 19.8 Å². The van der Waals surface area contributed by atoms with E-state index in [1.54, 1.807) is 53.6 Å². The SMILES string of the molecule is COc1cc2c(cc1OCCCOc1cc3c(cc1OC)C(=O)N1C=C(c4ccc5ncccc5c4)C[C@H]1C(S)N3)NC(O)[C@@H]1CC(c3ccc4ncccc4c3)=CN1C2=O. The van der Waals surface area contributed by atoms with Gasteiger partial charge in [0.2, 0.25) is 0 Å². The Labute approximate surface area is 357 Å². The molecule has 0 saturated heterocycles. The van der Waals surface area contributed by atoms with Crippen molar-refractivity contribution in [1.29, 1.82) is 0 Å². The molecular formula is C47H42N6O7S. The summed E-state index contributed by atoms with van der Waals surface area (Å²) in [4.78, 5) is 40.2. The number of ether oxygens (including phenoxy) is 4. The molecule has 13 nitrogen and oxygen atoms in total. The van der Waals surface area contributed by atoms with Gasteiger partial charge >= 0.3 is 0 Å². The summed E-state index contributed by atoms with van der Waals surface area (Å²) in [5.74, 6) is 1.29. The van der Waals surface area contributed by atoms with E-state index in [0.29, 0.717) is 64.8 Å². The van der Waals surface area contributed by atoms with Gasteiger partial charge in [-0.1, -0.05) is 24.3 Å². The molecule has 6 aromatic rings. The zero-order valence-corrected chi connectivity index (χ0v) is 34.3. The molecule has 4 atom stereocenters. The Morgan fingerprint density at radius 2 is 1.18 bits per heavy atom. The van der Waals surface area contributed by atoms with Crippen molar-refractivity contribution in [3.8, 4) is 23.0 Å². The molecule has 4 aromatic carbocycles. The van der Waals surface area contributed by atoms with Gasteiger partial charge in [-0.25, -0.2) is 0 Å². The third-order valence-electron chi connectivity index (χ3n) is 11.8. The molecule has 2 amide bonds. The van der Waals surface area contributed by atoms with Gasteiger partial charge in [-0.15, -0.1) is 0 Å². The number of anilines is 2. The van der Waals surface area contributed by atoms with Crippen LogP contribution in [0.25, 0.3) is 33.0 Å². The average Bonchev–Trinajstić information content (AvgIpc) is 3.91. The number of hydrogen-bond acceptors (Lipinski definition) is 12. The highest BCUT2D eigenvalue weighted by molar-refractivity contribution is 7.81. The first kappa shape index (κ1) is 38.4. The van der Waals surface area contributed by atoms with Crippen LogP contribution in [0.2, 0.25) is 0 Å². The van der Waals surface area contributed by atoms with E-state index in [9.17, 15) is 14.7 Å². The molecule has 61 heavy (non-hydrogen) atoms. The molecule has 4 aliphatic rings. The third-order valence-corrected chi connectivity index (χ3v) is 12.3. The molecule has 14 heteroatoms. The number of carbonyl (C=O) groups excluding carboxylic acids is 2. The minimum atomic E-state index is -1.03. The van der Waals surface area contributed by atoms with Crippen LogP contribution >= 0.6 is 12.6 Å². The zero-order chi connectivity index (χ0) is 41.8. The fourth-order valence-corrected chi connectivity index (χ4v) is 9.02. The molecule has 308 valence electrons. The number of amides is 2. The van der Waals surface area contributed by atoms with E-state index >= 15 is 0 Å². The number of fused-ring (bicyclic) bond motifs is 6. The molecule has 0 bridgehead atoms. The second kappa shape index (κ2) is 15.7. The van der Waals surface area contributed by atoms with Crippen molar-refractivity contribution in [2.45, 2.75) is 42.9 Å². The smallest absolute Gasteiger partial charge is 0.260 e. The van der Waals surface area contributed by atoms with Crippen molar-refractivity contribution in [3.05, 3.63) is 132 Å². The van der Waals surface area contributed by atoms with Crippen molar-refractivity contribution in [2.24, 2.45) is 0 Å². The van der Waals surface area contributed by atoms with Crippen LogP contribution in [-0.2, 0) is 0 Å². The number of methoxy groups -OCH3 is 2. The van der Waals surface area contributed by atoms with Gasteiger partial charge in [0.1, 0.15) is 6.23 Å². The first-order chi connectivity index (χ1) is 29.8. The number of thiol groups is 1. The number of hydrogen-bond donors (Lipinski definition) is 4. The molecule has 0 saturated carbocycles. The first-order valence-corrected chi connectivity index (χ1v) is 20.6. The highest BCUT2D eigenvalue weighted by atomic mass is 32.1. The average molecular weight is 835 g/mol. The lowest BCUT2D eigenvalue weighted by atomic mass is 10.00. The van der Waals surface area contributed by atoms with E-state index < -0.39 is 12.3 Å². The van der Waals surface area contributed by atoms with Gasteiger partial charge < -0.3 is 44.5 Å². The number of benzene rings is 4. The number of carbonyl (C=O) groups is 2. The standard InChI is InChI=1S/C47H42N6O7S/c1-57-40-20-32-36(50-44(54)38-18-30(24-52(38)46(32)55)26-8-10-34-28(16-26)6-3-12-48-34)22-42(40)59-14-5-15-60-43-23-37-33(21-41(43)58-2)47(56)53-25-31(19-39(53)45(61)51-37)27-9-11-35-29(17-27)7-4-13-49-35/h3-4,6-13,16-17,20-25,38-39,44-45,50-51,54,61H,5,14-15,18-19H2,1-2H3/t38-,39-,44?,45?/m0/s1. The summed E-state index contributed by atoms with van der Waals surface area (Å²) in [5.41, 5.74) is 7.70. The number of nitrogens with one attached hydrogen (secondary N) is 2. The van der Waals surface area contributed by atoms with Gasteiger partial charge in [0.25, 0.3) is 11.8 Å². The van der Waals surface area contributed by atoms with E-state index in [1.165, 1.54) is 7.11 Å². The number of aromatic nitrogens is 2. The topological polar surface area (TPSA) is 148 Å². The number of aliphatic hydroxyl groups is 1. The van der Waals surface area contributed by atoms with Gasteiger partial charge in [-0.3, -0.25) is 19.6 Å². The van der Waals surface area contributed by atoms with Crippen LogP contribution in [0.5, 0.6) is 23.0 Å². The molecule has 10 rings (SSSR count). The molecule has 2 unspecified atom stereocenters. The van der Waals surface area contributed by atoms with Crippen LogP contribution in [0.4, 0.5) is 11.4 Å². The maximum atomic E-state index is 14.0. The number of pyridine rings is 2. The van der Waals surface area contributed by atoms with Gasteiger partial charge in [-0.2, -0.15) is 12.6 Å². The summed E-state index contributed by atoms with van der Waals surface area (Å²) < 4.78 is 23.7. The molecule has 0 fully saturated rings. The molecule has 0 spiro atoms. The molecule has 0 aliphatic carbocycles. The monoisotopic (exact) mass is 834 g/mol. The maximum Gasteiger partial charge on any atom is 0.260 e. The number of nitrogens with zero attached hydrogens (tertiary/aromatic N) is 4. The van der Waals surface area contributed by atoms with Crippen molar-refractivity contribution in [2.75, 3.05) is 38.1 Å². The largest absolute Gasteiger partial charge is 0.493 e. The van der Waals surface area contributed by atoms with E-state index in [0.717, 1.165) is 44.1 Å². The molecular weight excluding hydrogens is 793 g/mol. The zero-order valence-electron chi connectivity index (χ0n) is 33.4. The highest BCUT2D eigenvalue weighted by Gasteiger charge is 2.41. The summed E-state index contributed by atoms with van der Waals surface area (Å²) in [6.45, 7) is 0.534. The summed E-state index contributed by atoms with van der Waals surface area (Å²) in [5, 5.41) is 19.6. The summed E-state index contributed by atoms with van der Waals surface area (Å²) >= 11 is 4.91. The van der Waals surface area contributed by atoms with Crippen LogP contribution in [0.3, 0.4) is 0 Å². The van der Waals surface area contributed by atoms with Gasteiger partial charge in [-0.05, 0) is 83.6 Å². The minimum Gasteiger partial charge on any atom is -0.493 e. The van der Waals surface area contributed by atoms with Crippen LogP contribution in [-0.4, -0.2) is 87.8 Å². The van der Waals surface area contributed by atoms with Crippen molar-refractivity contribution < 1.29 is 33.6 Å². The Morgan fingerprint density at radius 1 is 0.672 bits per heavy atom. The fraction of sp³-hybridized carbons (Fsp3) is 0.234. The summed E-state index contributed by atoms with van der Waals surface area (Å²) in [7, 11) is 3.06. The minimum absolute atomic E-state index is 0.154. The summed E-state index contributed by atoms with van der Waals surface area (Å²) in [6, 6.07) is 26.1. The highest BCUT2D eigenvalue weighted by Crippen LogP contribution is 2.43. The maximum absolute atomic E-state index is 14.0. The van der Waals surface area contributed by atoms with Crippen molar-refractivity contribution >= 4 is 68.8 Å². The lowest BCUT2D eigenvalue weighted by Crippen LogP contribution is -2.42. The first-order valence-electron chi connectivity index (χ1n) is 20.1. The Balaban J connectivity index is 0.804. The van der Waals surface area contributed by atoms with Crippen LogP contribution in [0, 0.1) is 0 Å². The third kappa shape index (κ3) is 7.00. The van der Waals surface area contributed by atoms with E-state index in [-0.39, 0.29) is 36.4 Å². The lowest BCUT2D eigenvalue weighted by molar-refractivity contribution is 0.0644. The summed E-state index contributed by atoms with van der Waals surface area (Å²) in [6.07, 6.45) is 7.85. The van der Waals surface area contributed by atoms with Crippen molar-refractivity contribution in [3.63, 3.8) is 0 Å². The number of aliphatic hydroxyl groups excluding tert-OH is 1. The van der Waals surface area contributed by atoms with Crippen LogP contribution in [0.15, 0.2) is 110 Å². The lowest BCUT2D eigenvalue weighted by Gasteiger charge is -2.25. The Kier molecular flexibility index (Phi) is 9.88. The van der Waals surface area contributed by atoms with E-state index in [4.69, 9.17) is 31.6 Å². The predicted octanol–water partition coefficient (Wildman–Crippen LogP) is 7.58. The predicted molar refractivity (Wildman–Crippen MR) is 236 cm³/mol. The Morgan fingerprint density at radius 3 is 1.72 bits per heavy atom. The van der Waals surface area contributed by atoms with Gasteiger partial charge in [0, 0.05) is 54.1 Å². The van der Waals surface area contributed by atoms with E-state index in [2.05, 4.69) is 32.7 Å². The molecule has 6 heterocycles. The van der Waals surface area contributed by atoms with Gasteiger partial charge in [0.05, 0.1) is 78.4 Å². The van der Waals surface area contributed by atoms with Gasteiger partial charge in [0.15, 0.2) is 23.0 Å².